The number of hydrogen-bond donors (Lipinski definition) is 1. The van der Waals surface area contributed by atoms with E-state index in [2.05, 4.69) is 15.4 Å². The van der Waals surface area contributed by atoms with Crippen molar-refractivity contribution in [2.75, 3.05) is 11.6 Å². The molecule has 0 bridgehead atoms. The number of carbonyl (C=O) groups is 2. The summed E-state index contributed by atoms with van der Waals surface area (Å²) in [5, 5.41) is 7.10. The van der Waals surface area contributed by atoms with Gasteiger partial charge in [-0.2, -0.15) is 9.67 Å². The Bertz CT molecular complexity index is 443. The van der Waals surface area contributed by atoms with Crippen molar-refractivity contribution in [1.29, 1.82) is 0 Å². The number of amides is 1. The molecule has 6 nitrogen and oxygen atoms in total. The summed E-state index contributed by atoms with van der Waals surface area (Å²) in [6, 6.07) is 0. The number of anilines is 1. The van der Waals surface area contributed by atoms with Gasteiger partial charge in [-0.3, -0.25) is 14.9 Å². The van der Waals surface area contributed by atoms with Gasteiger partial charge < -0.3 is 0 Å². The first kappa shape index (κ1) is 11.1. The van der Waals surface area contributed by atoms with Gasteiger partial charge in [-0.05, 0) is 12.7 Å². The van der Waals surface area contributed by atoms with Crippen LogP contribution in [0, 0.1) is 5.92 Å². The summed E-state index contributed by atoms with van der Waals surface area (Å²) in [5.74, 6) is -0.964. The van der Waals surface area contributed by atoms with E-state index in [1.807, 2.05) is 13.2 Å². The quantitative estimate of drug-likeness (QED) is 0.630. The van der Waals surface area contributed by atoms with Crippen molar-refractivity contribution >= 4 is 29.5 Å². The normalized spacial score (nSPS) is 19.5. The van der Waals surface area contributed by atoms with Gasteiger partial charge in [0.05, 0.1) is 0 Å². The molecule has 0 saturated heterocycles. The van der Waals surface area contributed by atoms with Crippen molar-refractivity contribution in [3.8, 4) is 0 Å². The van der Waals surface area contributed by atoms with Crippen molar-refractivity contribution in [2.24, 2.45) is 5.92 Å². The molecule has 2 rings (SSSR count). The third-order valence-corrected chi connectivity index (χ3v) is 2.94. The molecule has 0 spiro atoms. The van der Waals surface area contributed by atoms with E-state index in [1.54, 1.807) is 0 Å². The zero-order valence-electron chi connectivity index (χ0n) is 9.06. The van der Waals surface area contributed by atoms with E-state index in [0.29, 0.717) is 11.6 Å². The SMILES string of the molecule is CCCC1C(=O)Nc2nc(SC)nn2C1=O. The number of fused-ring (bicyclic) bond motifs is 1. The predicted molar refractivity (Wildman–Crippen MR) is 59.5 cm³/mol. The van der Waals surface area contributed by atoms with Gasteiger partial charge in [0.2, 0.25) is 17.0 Å². The van der Waals surface area contributed by atoms with Gasteiger partial charge in [0, 0.05) is 0 Å². The maximum atomic E-state index is 11.9. The van der Waals surface area contributed by atoms with E-state index in [0.717, 1.165) is 6.42 Å². The lowest BCUT2D eigenvalue weighted by Gasteiger charge is -2.19. The Morgan fingerprint density at radius 3 is 2.88 bits per heavy atom. The zero-order chi connectivity index (χ0) is 11.7. The molecule has 16 heavy (non-hydrogen) atoms. The molecular weight excluding hydrogens is 228 g/mol. The summed E-state index contributed by atoms with van der Waals surface area (Å²) in [6.07, 6.45) is 3.14. The maximum absolute atomic E-state index is 11.9. The fraction of sp³-hybridized carbons (Fsp3) is 0.556. The average Bonchev–Trinajstić information content (AvgIpc) is 2.67. The molecule has 1 unspecified atom stereocenters. The molecule has 2 heterocycles. The van der Waals surface area contributed by atoms with Gasteiger partial charge in [0.25, 0.3) is 5.91 Å². The largest absolute Gasteiger partial charge is 0.294 e. The molecule has 7 heteroatoms. The molecule has 1 aromatic heterocycles. The number of nitrogens with one attached hydrogen (secondary N) is 1. The van der Waals surface area contributed by atoms with E-state index in [9.17, 15) is 9.59 Å². The molecule has 0 aliphatic carbocycles. The fourth-order valence-corrected chi connectivity index (χ4v) is 1.96. The summed E-state index contributed by atoms with van der Waals surface area (Å²) in [5.41, 5.74) is 0. The van der Waals surface area contributed by atoms with Gasteiger partial charge in [-0.1, -0.05) is 25.1 Å². The highest BCUT2D eigenvalue weighted by Gasteiger charge is 2.35. The lowest BCUT2D eigenvalue weighted by molar-refractivity contribution is -0.119. The minimum Gasteiger partial charge on any atom is -0.294 e. The first-order valence-corrected chi connectivity index (χ1v) is 6.26. The Morgan fingerprint density at radius 1 is 1.50 bits per heavy atom. The molecule has 1 aliphatic rings. The van der Waals surface area contributed by atoms with Crippen LogP contribution in [0.15, 0.2) is 5.16 Å². The summed E-state index contributed by atoms with van der Waals surface area (Å²) < 4.78 is 1.19. The molecule has 0 fully saturated rings. The summed E-state index contributed by atoms with van der Waals surface area (Å²) in [7, 11) is 0. The van der Waals surface area contributed by atoms with Crippen molar-refractivity contribution in [2.45, 2.75) is 24.9 Å². The third-order valence-electron chi connectivity index (χ3n) is 2.41. The highest BCUT2D eigenvalue weighted by Crippen LogP contribution is 2.22. The minimum atomic E-state index is -0.631. The van der Waals surface area contributed by atoms with E-state index in [-0.39, 0.29) is 17.8 Å². The topological polar surface area (TPSA) is 76.9 Å². The molecule has 1 amide bonds. The maximum Gasteiger partial charge on any atom is 0.262 e. The van der Waals surface area contributed by atoms with Crippen LogP contribution < -0.4 is 5.32 Å². The number of carbonyl (C=O) groups excluding carboxylic acids is 2. The van der Waals surface area contributed by atoms with Gasteiger partial charge in [-0.15, -0.1) is 5.10 Å². The van der Waals surface area contributed by atoms with Crippen LogP contribution in [0.25, 0.3) is 0 Å². The summed E-state index contributed by atoms with van der Waals surface area (Å²) in [4.78, 5) is 27.6. The average molecular weight is 240 g/mol. The van der Waals surface area contributed by atoms with Gasteiger partial charge >= 0.3 is 0 Å². The first-order chi connectivity index (χ1) is 7.67. The van der Waals surface area contributed by atoms with Crippen molar-refractivity contribution in [3.63, 3.8) is 0 Å². The standard InChI is InChI=1S/C9H12N4O2S/c1-3-4-5-6(14)10-8-11-9(16-2)12-13(8)7(5)15/h5H,3-4H2,1-2H3,(H,10,11,12,14). The minimum absolute atomic E-state index is 0.228. The van der Waals surface area contributed by atoms with E-state index in [4.69, 9.17) is 0 Å². The molecule has 1 N–H and O–H groups in total. The van der Waals surface area contributed by atoms with E-state index < -0.39 is 5.92 Å². The lowest BCUT2D eigenvalue weighted by atomic mass is 10.0. The van der Waals surface area contributed by atoms with Crippen LogP contribution in [-0.4, -0.2) is 32.8 Å². The van der Waals surface area contributed by atoms with Crippen LogP contribution in [0.1, 0.15) is 24.6 Å². The van der Waals surface area contributed by atoms with Gasteiger partial charge in [-0.25, -0.2) is 0 Å². The first-order valence-electron chi connectivity index (χ1n) is 5.03. The van der Waals surface area contributed by atoms with Crippen LogP contribution in [0.2, 0.25) is 0 Å². The highest BCUT2D eigenvalue weighted by molar-refractivity contribution is 7.98. The number of rotatable bonds is 3. The van der Waals surface area contributed by atoms with Gasteiger partial charge in [0.15, 0.2) is 0 Å². The predicted octanol–water partition coefficient (Wildman–Crippen LogP) is 1.01. The Balaban J connectivity index is 2.35. The second-order valence-electron chi connectivity index (χ2n) is 3.50. The summed E-state index contributed by atoms with van der Waals surface area (Å²) in [6.45, 7) is 1.94. The third kappa shape index (κ3) is 1.71. The summed E-state index contributed by atoms with van der Waals surface area (Å²) >= 11 is 1.33. The molecule has 0 radical (unpaired) electrons. The van der Waals surface area contributed by atoms with E-state index in [1.165, 1.54) is 16.4 Å². The molecule has 1 aromatic rings. The second-order valence-corrected chi connectivity index (χ2v) is 4.28. The smallest absolute Gasteiger partial charge is 0.262 e. The Kier molecular flexibility index (Phi) is 2.95. The van der Waals surface area contributed by atoms with Crippen LogP contribution in [0.3, 0.4) is 0 Å². The number of aromatic nitrogens is 3. The molecular formula is C9H12N4O2S. The molecule has 86 valence electrons. The van der Waals surface area contributed by atoms with Crippen molar-refractivity contribution in [3.05, 3.63) is 0 Å². The van der Waals surface area contributed by atoms with Crippen LogP contribution >= 0.6 is 11.8 Å². The molecule has 1 aliphatic heterocycles. The fourth-order valence-electron chi connectivity index (χ4n) is 1.61. The second kappa shape index (κ2) is 4.25. The number of hydrogen-bond acceptors (Lipinski definition) is 5. The Hall–Kier alpha value is -1.37. The van der Waals surface area contributed by atoms with Crippen molar-refractivity contribution < 1.29 is 9.59 Å². The molecule has 0 saturated carbocycles. The monoisotopic (exact) mass is 240 g/mol. The van der Waals surface area contributed by atoms with Crippen LogP contribution in [0.4, 0.5) is 5.95 Å². The van der Waals surface area contributed by atoms with E-state index >= 15 is 0 Å². The number of thioether (sulfide) groups is 1. The Morgan fingerprint density at radius 2 is 2.25 bits per heavy atom. The lowest BCUT2D eigenvalue weighted by Crippen LogP contribution is -2.39. The van der Waals surface area contributed by atoms with Crippen LogP contribution in [0.5, 0.6) is 0 Å². The van der Waals surface area contributed by atoms with Crippen LogP contribution in [-0.2, 0) is 4.79 Å². The molecule has 1 atom stereocenters. The van der Waals surface area contributed by atoms with Crippen molar-refractivity contribution in [1.82, 2.24) is 14.8 Å². The zero-order valence-corrected chi connectivity index (χ0v) is 9.87. The molecule has 0 aromatic carbocycles. The Labute approximate surface area is 96.8 Å². The highest BCUT2D eigenvalue weighted by atomic mass is 32.2. The number of nitrogens with zero attached hydrogens (tertiary/aromatic N) is 3. The van der Waals surface area contributed by atoms with Gasteiger partial charge in [0.1, 0.15) is 5.92 Å².